The van der Waals surface area contributed by atoms with Crippen LogP contribution in [0.2, 0.25) is 0 Å². The van der Waals surface area contributed by atoms with Crippen LogP contribution in [-0.4, -0.2) is 37.1 Å². The van der Waals surface area contributed by atoms with Gasteiger partial charge < -0.3 is 5.73 Å². The summed E-state index contributed by atoms with van der Waals surface area (Å²) in [7, 11) is -3.21. The normalized spacial score (nSPS) is 19.4. The van der Waals surface area contributed by atoms with Crippen LogP contribution in [-0.2, 0) is 10.0 Å². The van der Waals surface area contributed by atoms with Crippen molar-refractivity contribution in [3.63, 3.8) is 0 Å². The zero-order valence-corrected chi connectivity index (χ0v) is 11.3. The second kappa shape index (κ2) is 5.47. The lowest BCUT2D eigenvalue weighted by Crippen LogP contribution is -2.46. The molecule has 1 rings (SSSR count). The molecular weight excluding hydrogens is 224 g/mol. The molecule has 2 N–H and O–H groups in total. The van der Waals surface area contributed by atoms with Crippen LogP contribution in [0.25, 0.3) is 0 Å². The fourth-order valence-electron chi connectivity index (χ4n) is 1.85. The van der Waals surface area contributed by atoms with Gasteiger partial charge in [0.15, 0.2) is 0 Å². The summed E-state index contributed by atoms with van der Waals surface area (Å²) in [6.07, 6.45) is 2.92. The van der Waals surface area contributed by atoms with Gasteiger partial charge in [-0.2, -0.15) is 4.31 Å². The average Bonchev–Trinajstić information content (AvgIpc) is 2.98. The molecule has 1 saturated carbocycles. The van der Waals surface area contributed by atoms with Gasteiger partial charge in [0.1, 0.15) is 0 Å². The second-order valence-corrected chi connectivity index (χ2v) is 7.08. The first kappa shape index (κ1) is 13.9. The van der Waals surface area contributed by atoms with Gasteiger partial charge in [-0.1, -0.05) is 6.92 Å². The van der Waals surface area contributed by atoms with E-state index in [-0.39, 0.29) is 12.6 Å². The predicted molar refractivity (Wildman–Crippen MR) is 66.6 cm³/mol. The van der Waals surface area contributed by atoms with E-state index < -0.39 is 15.3 Å². The first-order valence-electron chi connectivity index (χ1n) is 6.14. The minimum absolute atomic E-state index is 0.0335. The summed E-state index contributed by atoms with van der Waals surface area (Å²) in [6.45, 7) is 6.64. The lowest BCUT2D eigenvalue weighted by Gasteiger charge is -2.29. The molecule has 0 saturated heterocycles. The molecule has 5 heteroatoms. The van der Waals surface area contributed by atoms with Gasteiger partial charge in [0.05, 0.1) is 5.25 Å². The van der Waals surface area contributed by atoms with Crippen LogP contribution in [0, 0.1) is 5.92 Å². The van der Waals surface area contributed by atoms with Gasteiger partial charge in [0.25, 0.3) is 0 Å². The van der Waals surface area contributed by atoms with Gasteiger partial charge in [-0.05, 0) is 39.0 Å². The molecule has 0 aromatic carbocycles. The molecule has 16 heavy (non-hydrogen) atoms. The molecule has 0 heterocycles. The summed E-state index contributed by atoms with van der Waals surface area (Å²) in [5.41, 5.74) is 5.55. The molecule has 1 aliphatic carbocycles. The van der Waals surface area contributed by atoms with E-state index in [0.717, 1.165) is 12.8 Å². The highest BCUT2D eigenvalue weighted by molar-refractivity contribution is 7.89. The van der Waals surface area contributed by atoms with Crippen LogP contribution in [0.5, 0.6) is 0 Å². The Morgan fingerprint density at radius 3 is 2.25 bits per heavy atom. The quantitative estimate of drug-likeness (QED) is 0.735. The second-order valence-electron chi connectivity index (χ2n) is 4.92. The zero-order valence-electron chi connectivity index (χ0n) is 10.5. The summed E-state index contributed by atoms with van der Waals surface area (Å²) < 4.78 is 26.3. The fraction of sp³-hybridized carbons (Fsp3) is 1.00. The van der Waals surface area contributed by atoms with Crippen molar-refractivity contribution in [1.29, 1.82) is 0 Å². The van der Waals surface area contributed by atoms with E-state index in [2.05, 4.69) is 0 Å². The van der Waals surface area contributed by atoms with Gasteiger partial charge in [-0.15, -0.1) is 0 Å². The molecule has 0 bridgehead atoms. The Hall–Kier alpha value is -0.130. The van der Waals surface area contributed by atoms with Crippen molar-refractivity contribution in [2.45, 2.75) is 51.3 Å². The Labute approximate surface area is 99.2 Å². The van der Waals surface area contributed by atoms with Crippen LogP contribution < -0.4 is 5.73 Å². The smallest absolute Gasteiger partial charge is 0.218 e. The number of rotatable bonds is 7. The van der Waals surface area contributed by atoms with Crippen molar-refractivity contribution < 1.29 is 8.42 Å². The van der Waals surface area contributed by atoms with Crippen LogP contribution >= 0.6 is 0 Å². The Morgan fingerprint density at radius 1 is 1.38 bits per heavy atom. The third-order valence-corrected chi connectivity index (χ3v) is 5.77. The van der Waals surface area contributed by atoms with E-state index in [1.54, 1.807) is 4.31 Å². The Morgan fingerprint density at radius 2 is 1.94 bits per heavy atom. The summed E-state index contributed by atoms with van der Waals surface area (Å²) in [5.74, 6) is 0.576. The van der Waals surface area contributed by atoms with Crippen molar-refractivity contribution in [3.8, 4) is 0 Å². The first-order chi connectivity index (χ1) is 7.43. The van der Waals surface area contributed by atoms with Crippen LogP contribution in [0.1, 0.15) is 40.0 Å². The van der Waals surface area contributed by atoms with Crippen LogP contribution in [0.3, 0.4) is 0 Å². The highest BCUT2D eigenvalue weighted by atomic mass is 32.2. The third kappa shape index (κ3) is 3.18. The van der Waals surface area contributed by atoms with Gasteiger partial charge in [-0.3, -0.25) is 0 Å². The number of sulfonamides is 1. The molecule has 0 aromatic heterocycles. The minimum atomic E-state index is -3.21. The number of nitrogens with two attached hydrogens (primary N) is 1. The van der Waals surface area contributed by atoms with E-state index in [1.165, 1.54) is 0 Å². The molecule has 4 nitrogen and oxygen atoms in total. The standard InChI is InChI=1S/C11H24N2O2S/c1-4-11(7-12)16(14,15)13(9(2)3)8-10-5-6-10/h9-11H,4-8,12H2,1-3H3. The van der Waals surface area contributed by atoms with Gasteiger partial charge in [-0.25, -0.2) is 8.42 Å². The highest BCUT2D eigenvalue weighted by Crippen LogP contribution is 2.32. The molecule has 0 amide bonds. The number of hydrogen-bond acceptors (Lipinski definition) is 3. The number of hydrogen-bond donors (Lipinski definition) is 1. The first-order valence-corrected chi connectivity index (χ1v) is 7.64. The maximum absolute atomic E-state index is 12.3. The third-order valence-electron chi connectivity index (χ3n) is 3.18. The zero-order chi connectivity index (χ0) is 12.3. The van der Waals surface area contributed by atoms with E-state index in [1.807, 2.05) is 20.8 Å². The van der Waals surface area contributed by atoms with Crippen molar-refractivity contribution in [2.75, 3.05) is 13.1 Å². The molecule has 1 unspecified atom stereocenters. The van der Waals surface area contributed by atoms with E-state index in [9.17, 15) is 8.42 Å². The molecule has 0 radical (unpaired) electrons. The largest absolute Gasteiger partial charge is 0.329 e. The lowest BCUT2D eigenvalue weighted by molar-refractivity contribution is 0.336. The SMILES string of the molecule is CCC(CN)S(=O)(=O)N(CC1CC1)C(C)C. The molecule has 1 atom stereocenters. The van der Waals surface area contributed by atoms with E-state index in [0.29, 0.717) is 18.9 Å². The monoisotopic (exact) mass is 248 g/mol. The van der Waals surface area contributed by atoms with Crippen molar-refractivity contribution >= 4 is 10.0 Å². The molecule has 0 aromatic rings. The van der Waals surface area contributed by atoms with Crippen molar-refractivity contribution in [2.24, 2.45) is 11.7 Å². The highest BCUT2D eigenvalue weighted by Gasteiger charge is 2.35. The minimum Gasteiger partial charge on any atom is -0.329 e. The maximum Gasteiger partial charge on any atom is 0.218 e. The molecule has 1 aliphatic rings. The van der Waals surface area contributed by atoms with Crippen molar-refractivity contribution in [1.82, 2.24) is 4.31 Å². The molecule has 1 fully saturated rings. The Balaban J connectivity index is 2.81. The maximum atomic E-state index is 12.3. The topological polar surface area (TPSA) is 63.4 Å². The Kier molecular flexibility index (Phi) is 4.76. The summed E-state index contributed by atoms with van der Waals surface area (Å²) in [6, 6.07) is 0.0335. The molecular formula is C11H24N2O2S. The predicted octanol–water partition coefficient (Wildman–Crippen LogP) is 1.17. The summed E-state index contributed by atoms with van der Waals surface area (Å²) in [4.78, 5) is 0. The van der Waals surface area contributed by atoms with Crippen molar-refractivity contribution in [3.05, 3.63) is 0 Å². The average molecular weight is 248 g/mol. The summed E-state index contributed by atoms with van der Waals surface area (Å²) >= 11 is 0. The van der Waals surface area contributed by atoms with Gasteiger partial charge in [0.2, 0.25) is 10.0 Å². The molecule has 0 spiro atoms. The Bertz CT molecular complexity index is 306. The molecule has 96 valence electrons. The van der Waals surface area contributed by atoms with Gasteiger partial charge >= 0.3 is 0 Å². The molecule has 0 aliphatic heterocycles. The summed E-state index contributed by atoms with van der Waals surface area (Å²) in [5, 5.41) is -0.423. The fourth-order valence-corrected chi connectivity index (χ4v) is 3.91. The lowest BCUT2D eigenvalue weighted by atomic mass is 10.3. The number of nitrogens with zero attached hydrogens (tertiary/aromatic N) is 1. The van der Waals surface area contributed by atoms with E-state index >= 15 is 0 Å². The van der Waals surface area contributed by atoms with E-state index in [4.69, 9.17) is 5.73 Å². The van der Waals surface area contributed by atoms with Crippen LogP contribution in [0.15, 0.2) is 0 Å². The van der Waals surface area contributed by atoms with Crippen LogP contribution in [0.4, 0.5) is 0 Å². The van der Waals surface area contributed by atoms with Gasteiger partial charge in [0, 0.05) is 19.1 Å².